The molecule has 0 radical (unpaired) electrons. The predicted octanol–water partition coefficient (Wildman–Crippen LogP) is 3.16. The summed E-state index contributed by atoms with van der Waals surface area (Å²) in [5.41, 5.74) is 2.74. The van der Waals surface area contributed by atoms with Crippen molar-refractivity contribution in [1.29, 1.82) is 0 Å². The van der Waals surface area contributed by atoms with Crippen molar-refractivity contribution in [3.8, 4) is 0 Å². The number of ether oxygens (including phenoxy) is 1. The normalized spacial score (nSPS) is 10.3. The summed E-state index contributed by atoms with van der Waals surface area (Å²) in [7, 11) is 0. The molecule has 0 spiro atoms. The van der Waals surface area contributed by atoms with Crippen LogP contribution < -0.4 is 0 Å². The van der Waals surface area contributed by atoms with Gasteiger partial charge in [0.05, 0.1) is 12.2 Å². The minimum Gasteiger partial charge on any atom is -0.462 e. The monoisotopic (exact) mass is 235 g/mol. The van der Waals surface area contributed by atoms with E-state index in [2.05, 4.69) is 18.8 Å². The van der Waals surface area contributed by atoms with Gasteiger partial charge in [-0.15, -0.1) is 0 Å². The molecule has 0 saturated heterocycles. The largest absolute Gasteiger partial charge is 0.462 e. The van der Waals surface area contributed by atoms with E-state index in [9.17, 15) is 4.79 Å². The summed E-state index contributed by atoms with van der Waals surface area (Å²) in [6.07, 6.45) is 5.60. The van der Waals surface area contributed by atoms with Crippen molar-refractivity contribution in [2.24, 2.45) is 0 Å². The Kier molecular flexibility index (Phi) is 5.67. The second kappa shape index (κ2) is 7.05. The van der Waals surface area contributed by atoms with Crippen LogP contribution in [-0.2, 0) is 17.6 Å². The maximum Gasteiger partial charge on any atom is 0.339 e. The highest BCUT2D eigenvalue weighted by atomic mass is 16.5. The number of rotatable bonds is 6. The van der Waals surface area contributed by atoms with Crippen LogP contribution in [0.5, 0.6) is 0 Å². The van der Waals surface area contributed by atoms with E-state index in [4.69, 9.17) is 4.74 Å². The van der Waals surface area contributed by atoms with E-state index in [0.29, 0.717) is 12.2 Å². The minimum absolute atomic E-state index is 0.258. The zero-order valence-electron chi connectivity index (χ0n) is 11.0. The van der Waals surface area contributed by atoms with Gasteiger partial charge in [0.25, 0.3) is 0 Å². The van der Waals surface area contributed by atoms with Crippen molar-refractivity contribution < 1.29 is 9.53 Å². The van der Waals surface area contributed by atoms with E-state index in [1.807, 2.05) is 13.0 Å². The van der Waals surface area contributed by atoms with Gasteiger partial charge in [-0.05, 0) is 31.4 Å². The Morgan fingerprint density at radius 2 is 1.94 bits per heavy atom. The van der Waals surface area contributed by atoms with Crippen molar-refractivity contribution in [3.05, 3.63) is 29.1 Å². The molecule has 0 amide bonds. The molecule has 3 nitrogen and oxygen atoms in total. The van der Waals surface area contributed by atoms with Gasteiger partial charge >= 0.3 is 5.97 Å². The third-order valence-electron chi connectivity index (χ3n) is 2.57. The number of carbonyl (C=O) groups is 1. The van der Waals surface area contributed by atoms with Crippen molar-refractivity contribution in [3.63, 3.8) is 0 Å². The number of hydrogen-bond acceptors (Lipinski definition) is 3. The molecule has 17 heavy (non-hydrogen) atoms. The third kappa shape index (κ3) is 3.84. The van der Waals surface area contributed by atoms with Crippen molar-refractivity contribution in [1.82, 2.24) is 4.98 Å². The Balaban J connectivity index is 2.98. The lowest BCUT2D eigenvalue weighted by Crippen LogP contribution is -2.10. The fraction of sp³-hybridized carbons (Fsp3) is 0.571. The molecule has 0 atom stereocenters. The number of aromatic nitrogens is 1. The van der Waals surface area contributed by atoms with Gasteiger partial charge in [0.1, 0.15) is 0 Å². The third-order valence-corrected chi connectivity index (χ3v) is 2.57. The Labute approximate surface area is 103 Å². The second-order valence-corrected chi connectivity index (χ2v) is 4.05. The summed E-state index contributed by atoms with van der Waals surface area (Å²) in [4.78, 5) is 16.1. The second-order valence-electron chi connectivity index (χ2n) is 4.05. The quantitative estimate of drug-likeness (QED) is 0.711. The molecule has 0 N–H and O–H groups in total. The summed E-state index contributed by atoms with van der Waals surface area (Å²) < 4.78 is 5.04. The number of pyridine rings is 1. The Morgan fingerprint density at radius 1 is 1.24 bits per heavy atom. The number of esters is 1. The number of aryl methyl sites for hydroxylation is 2. The van der Waals surface area contributed by atoms with Gasteiger partial charge in [0.2, 0.25) is 0 Å². The molecule has 0 aliphatic heterocycles. The summed E-state index contributed by atoms with van der Waals surface area (Å²) in [5, 5.41) is 0. The molecular weight excluding hydrogens is 214 g/mol. The summed E-state index contributed by atoms with van der Waals surface area (Å²) in [6, 6.07) is 2.04. The molecular formula is C14H21NO2. The topological polar surface area (TPSA) is 39.2 Å². The fourth-order valence-electron chi connectivity index (χ4n) is 1.81. The van der Waals surface area contributed by atoms with Crippen LogP contribution in [0.3, 0.4) is 0 Å². The number of hydrogen-bond donors (Lipinski definition) is 0. The van der Waals surface area contributed by atoms with Crippen molar-refractivity contribution in [2.45, 2.75) is 46.5 Å². The summed E-state index contributed by atoms with van der Waals surface area (Å²) in [5.74, 6) is -0.258. The molecule has 3 heteroatoms. The van der Waals surface area contributed by atoms with Gasteiger partial charge in [0.15, 0.2) is 0 Å². The zero-order chi connectivity index (χ0) is 12.7. The number of carbonyl (C=O) groups excluding carboxylic acids is 1. The maximum atomic E-state index is 11.7. The molecule has 0 fully saturated rings. The van der Waals surface area contributed by atoms with Gasteiger partial charge in [-0.25, -0.2) is 4.79 Å². The first-order chi connectivity index (χ1) is 8.22. The number of nitrogens with zero attached hydrogens (tertiary/aromatic N) is 1. The van der Waals surface area contributed by atoms with Gasteiger partial charge in [-0.2, -0.15) is 0 Å². The first-order valence-electron chi connectivity index (χ1n) is 6.37. The lowest BCUT2D eigenvalue weighted by Gasteiger charge is -2.09. The maximum absolute atomic E-state index is 11.7. The van der Waals surface area contributed by atoms with Crippen LogP contribution >= 0.6 is 0 Å². The lowest BCUT2D eigenvalue weighted by molar-refractivity contribution is 0.0524. The molecule has 1 rings (SSSR count). The molecule has 0 saturated carbocycles. The average Bonchev–Trinajstić information content (AvgIpc) is 2.30. The lowest BCUT2D eigenvalue weighted by atomic mass is 10.0. The van der Waals surface area contributed by atoms with E-state index in [1.165, 1.54) is 0 Å². The molecule has 0 bridgehead atoms. The molecule has 0 aromatic carbocycles. The van der Waals surface area contributed by atoms with E-state index >= 15 is 0 Å². The Bertz CT molecular complexity index is 374. The highest BCUT2D eigenvalue weighted by Crippen LogP contribution is 2.14. The van der Waals surface area contributed by atoms with Gasteiger partial charge in [0, 0.05) is 11.9 Å². The van der Waals surface area contributed by atoms with Gasteiger partial charge in [-0.1, -0.05) is 26.7 Å². The van der Waals surface area contributed by atoms with E-state index in [1.54, 1.807) is 6.20 Å². The van der Waals surface area contributed by atoms with Crippen LogP contribution in [-0.4, -0.2) is 17.6 Å². The van der Waals surface area contributed by atoms with Crippen LogP contribution in [0.15, 0.2) is 12.3 Å². The van der Waals surface area contributed by atoms with E-state index in [0.717, 1.165) is 36.9 Å². The van der Waals surface area contributed by atoms with Crippen LogP contribution in [0.1, 0.15) is 55.2 Å². The molecule has 1 heterocycles. The van der Waals surface area contributed by atoms with Crippen LogP contribution in [0.4, 0.5) is 0 Å². The molecule has 94 valence electrons. The predicted molar refractivity (Wildman–Crippen MR) is 68.2 cm³/mol. The first-order valence-corrected chi connectivity index (χ1v) is 6.37. The standard InChI is InChI=1S/C14H21NO2/c1-4-7-11-9-12(8-5-2)15-10-13(11)14(16)17-6-3/h9-10H,4-8H2,1-3H3. The molecule has 1 aromatic heterocycles. The van der Waals surface area contributed by atoms with Gasteiger partial charge in [-0.3, -0.25) is 4.98 Å². The highest BCUT2D eigenvalue weighted by Gasteiger charge is 2.13. The molecule has 0 unspecified atom stereocenters. The molecule has 0 aliphatic rings. The molecule has 0 aliphatic carbocycles. The Hall–Kier alpha value is -1.38. The SMILES string of the molecule is CCCc1cc(CCC)c(C(=O)OCC)cn1. The van der Waals surface area contributed by atoms with Crippen LogP contribution in [0.2, 0.25) is 0 Å². The van der Waals surface area contributed by atoms with E-state index in [-0.39, 0.29) is 5.97 Å². The van der Waals surface area contributed by atoms with Crippen LogP contribution in [0.25, 0.3) is 0 Å². The fourth-order valence-corrected chi connectivity index (χ4v) is 1.81. The van der Waals surface area contributed by atoms with Gasteiger partial charge < -0.3 is 4.74 Å². The highest BCUT2D eigenvalue weighted by molar-refractivity contribution is 5.90. The Morgan fingerprint density at radius 3 is 2.53 bits per heavy atom. The zero-order valence-corrected chi connectivity index (χ0v) is 11.0. The average molecular weight is 235 g/mol. The molecule has 1 aromatic rings. The van der Waals surface area contributed by atoms with Crippen LogP contribution in [0, 0.1) is 0 Å². The summed E-state index contributed by atoms with van der Waals surface area (Å²) in [6.45, 7) is 6.45. The first kappa shape index (κ1) is 13.7. The smallest absolute Gasteiger partial charge is 0.339 e. The van der Waals surface area contributed by atoms with Crippen molar-refractivity contribution >= 4 is 5.97 Å². The van der Waals surface area contributed by atoms with Crippen molar-refractivity contribution in [2.75, 3.05) is 6.61 Å². The summed E-state index contributed by atoms with van der Waals surface area (Å²) >= 11 is 0. The van der Waals surface area contributed by atoms with E-state index < -0.39 is 0 Å². The minimum atomic E-state index is -0.258.